The maximum atomic E-state index is 6.05. The van der Waals surface area contributed by atoms with Crippen LogP contribution in [0.25, 0.3) is 0 Å². The Morgan fingerprint density at radius 1 is 1.18 bits per heavy atom. The Morgan fingerprint density at radius 3 is 2.82 bits per heavy atom. The molecule has 0 fully saturated rings. The van der Waals surface area contributed by atoms with Crippen LogP contribution in [0.15, 0.2) is 58.6 Å². The van der Waals surface area contributed by atoms with Gasteiger partial charge in [-0.05, 0) is 36.8 Å². The van der Waals surface area contributed by atoms with Gasteiger partial charge in [-0.25, -0.2) is 0 Å². The molecular formula is C22H28ClN3O2. The number of hydrogen-bond acceptors (Lipinski definition) is 5. The summed E-state index contributed by atoms with van der Waals surface area (Å²) >= 11 is 6.05. The number of hydrogen-bond donors (Lipinski definition) is 0. The number of benzene rings is 1. The van der Waals surface area contributed by atoms with Crippen molar-refractivity contribution in [1.29, 1.82) is 0 Å². The van der Waals surface area contributed by atoms with Crippen molar-refractivity contribution in [1.82, 2.24) is 4.90 Å². The molecule has 6 heteroatoms. The molecule has 0 amide bonds. The number of allylic oxidation sites excluding steroid dienone is 2. The fourth-order valence-corrected chi connectivity index (χ4v) is 3.51. The minimum Gasteiger partial charge on any atom is -0.453 e. The molecule has 0 saturated heterocycles. The Hall–Kier alpha value is -2.11. The van der Waals surface area contributed by atoms with Gasteiger partial charge >= 0.3 is 0 Å². The van der Waals surface area contributed by atoms with Crippen LogP contribution >= 0.6 is 11.6 Å². The fraction of sp³-hybridized carbons (Fsp3) is 0.455. The van der Waals surface area contributed by atoms with E-state index in [1.807, 2.05) is 41.5 Å². The zero-order valence-corrected chi connectivity index (χ0v) is 17.4. The van der Waals surface area contributed by atoms with Crippen LogP contribution in [0.1, 0.15) is 45.4 Å². The minimum atomic E-state index is 0.00327. The summed E-state index contributed by atoms with van der Waals surface area (Å²) in [7, 11) is 1.75. The predicted octanol–water partition coefficient (Wildman–Crippen LogP) is 5.58. The standard InChI is InChI=1S/C22H28ClN3O2/c1-3-4-5-6-7-12-20(27-2)19-16-26-14-9-13-21(22(26)25-24-19)28-18-11-8-10-17(23)15-18/h8-11,13-15,20H,3-7,12,16H2,1-2H3. The third kappa shape index (κ3) is 5.46. The molecule has 1 aromatic carbocycles. The van der Waals surface area contributed by atoms with Gasteiger partial charge < -0.3 is 14.4 Å². The highest BCUT2D eigenvalue weighted by Crippen LogP contribution is 2.24. The summed E-state index contributed by atoms with van der Waals surface area (Å²) in [5, 5.41) is 9.53. The number of amidine groups is 1. The molecule has 1 atom stereocenters. The first kappa shape index (κ1) is 20.6. The van der Waals surface area contributed by atoms with Gasteiger partial charge in [0, 0.05) is 18.3 Å². The molecular weight excluding hydrogens is 374 g/mol. The van der Waals surface area contributed by atoms with Crippen molar-refractivity contribution in [2.24, 2.45) is 10.2 Å². The number of nitrogens with zero attached hydrogens (tertiary/aromatic N) is 3. The summed E-state index contributed by atoms with van der Waals surface area (Å²) in [6.45, 7) is 2.88. The molecule has 1 aromatic rings. The summed E-state index contributed by atoms with van der Waals surface area (Å²) < 4.78 is 11.7. The molecule has 2 heterocycles. The average molecular weight is 402 g/mol. The zero-order chi connectivity index (χ0) is 19.8. The van der Waals surface area contributed by atoms with Gasteiger partial charge in [-0.15, -0.1) is 5.10 Å². The third-order valence-electron chi connectivity index (χ3n) is 4.86. The smallest absolute Gasteiger partial charge is 0.198 e. The molecule has 0 N–H and O–H groups in total. The van der Waals surface area contributed by atoms with Gasteiger partial charge in [0.15, 0.2) is 11.6 Å². The Balaban J connectivity index is 1.65. The Labute approximate surface area is 172 Å². The van der Waals surface area contributed by atoms with Gasteiger partial charge in [0.2, 0.25) is 0 Å². The monoisotopic (exact) mass is 401 g/mol. The van der Waals surface area contributed by atoms with Crippen molar-refractivity contribution < 1.29 is 9.47 Å². The molecule has 0 saturated carbocycles. The van der Waals surface area contributed by atoms with Gasteiger partial charge in [-0.1, -0.05) is 56.7 Å². The maximum absolute atomic E-state index is 6.05. The Kier molecular flexibility index (Phi) is 7.69. The predicted molar refractivity (Wildman–Crippen MR) is 115 cm³/mol. The van der Waals surface area contributed by atoms with Crippen LogP contribution in [-0.4, -0.2) is 36.2 Å². The van der Waals surface area contributed by atoms with Crippen LogP contribution in [0.2, 0.25) is 5.02 Å². The molecule has 3 rings (SSSR count). The first-order valence-electron chi connectivity index (χ1n) is 9.97. The molecule has 5 nitrogen and oxygen atoms in total. The van der Waals surface area contributed by atoms with E-state index in [1.165, 1.54) is 25.7 Å². The summed E-state index contributed by atoms with van der Waals surface area (Å²) in [4.78, 5) is 2.05. The van der Waals surface area contributed by atoms with E-state index in [0.717, 1.165) is 18.6 Å². The lowest BCUT2D eigenvalue weighted by atomic mass is 10.0. The van der Waals surface area contributed by atoms with E-state index in [-0.39, 0.29) is 6.10 Å². The van der Waals surface area contributed by atoms with Crippen LogP contribution < -0.4 is 4.74 Å². The molecule has 28 heavy (non-hydrogen) atoms. The molecule has 2 aliphatic rings. The number of unbranched alkanes of at least 4 members (excludes halogenated alkanes) is 4. The van der Waals surface area contributed by atoms with E-state index < -0.39 is 0 Å². The number of fused-ring (bicyclic) bond motifs is 1. The largest absolute Gasteiger partial charge is 0.453 e. The molecule has 2 aliphatic heterocycles. The lowest BCUT2D eigenvalue weighted by Gasteiger charge is -2.30. The van der Waals surface area contributed by atoms with E-state index in [1.54, 1.807) is 13.2 Å². The molecule has 0 radical (unpaired) electrons. The SMILES string of the molecule is CCCCCCCC(OC)C1=NN=C2C(Oc3cccc(Cl)c3)=CC=CN2C1. The number of ether oxygens (including phenoxy) is 2. The zero-order valence-electron chi connectivity index (χ0n) is 16.6. The number of rotatable bonds is 10. The van der Waals surface area contributed by atoms with Crippen LogP contribution in [0, 0.1) is 0 Å². The van der Waals surface area contributed by atoms with Gasteiger partial charge in [0.25, 0.3) is 0 Å². The second kappa shape index (κ2) is 10.4. The van der Waals surface area contributed by atoms with Crippen molar-refractivity contribution in [2.75, 3.05) is 13.7 Å². The van der Waals surface area contributed by atoms with Crippen molar-refractivity contribution in [3.8, 4) is 5.75 Å². The summed E-state index contributed by atoms with van der Waals surface area (Å²) in [5.74, 6) is 2.03. The van der Waals surface area contributed by atoms with E-state index in [2.05, 4.69) is 17.1 Å². The van der Waals surface area contributed by atoms with Gasteiger partial charge in [0.05, 0.1) is 18.4 Å². The Bertz CT molecular complexity index is 786. The van der Waals surface area contributed by atoms with Crippen LogP contribution in [-0.2, 0) is 4.74 Å². The minimum absolute atomic E-state index is 0.00327. The summed E-state index contributed by atoms with van der Waals surface area (Å²) in [6, 6.07) is 7.32. The number of methoxy groups -OCH3 is 1. The molecule has 150 valence electrons. The summed E-state index contributed by atoms with van der Waals surface area (Å²) in [5.41, 5.74) is 0.954. The highest BCUT2D eigenvalue weighted by molar-refractivity contribution is 6.30. The van der Waals surface area contributed by atoms with Crippen molar-refractivity contribution in [3.05, 3.63) is 53.4 Å². The van der Waals surface area contributed by atoms with E-state index >= 15 is 0 Å². The first-order valence-corrected chi connectivity index (χ1v) is 10.3. The van der Waals surface area contributed by atoms with E-state index in [4.69, 9.17) is 21.1 Å². The van der Waals surface area contributed by atoms with Crippen molar-refractivity contribution in [3.63, 3.8) is 0 Å². The quantitative estimate of drug-likeness (QED) is 0.481. The molecule has 0 bridgehead atoms. The normalized spacial score (nSPS) is 16.8. The van der Waals surface area contributed by atoms with E-state index in [9.17, 15) is 0 Å². The lowest BCUT2D eigenvalue weighted by molar-refractivity contribution is 0.142. The van der Waals surface area contributed by atoms with Crippen LogP contribution in [0.5, 0.6) is 5.75 Å². The maximum Gasteiger partial charge on any atom is 0.198 e. The molecule has 0 aromatic heterocycles. The van der Waals surface area contributed by atoms with E-state index in [0.29, 0.717) is 28.9 Å². The highest BCUT2D eigenvalue weighted by atomic mass is 35.5. The van der Waals surface area contributed by atoms with Crippen LogP contribution in [0.4, 0.5) is 0 Å². The average Bonchev–Trinajstić information content (AvgIpc) is 2.71. The second-order valence-electron chi connectivity index (χ2n) is 7.00. The lowest BCUT2D eigenvalue weighted by Crippen LogP contribution is -2.42. The van der Waals surface area contributed by atoms with Crippen LogP contribution in [0.3, 0.4) is 0 Å². The summed E-state index contributed by atoms with van der Waals surface area (Å²) in [6.07, 6.45) is 13.0. The van der Waals surface area contributed by atoms with Gasteiger partial charge in [0.1, 0.15) is 5.75 Å². The molecule has 0 aliphatic carbocycles. The van der Waals surface area contributed by atoms with Gasteiger partial charge in [-0.3, -0.25) is 0 Å². The highest BCUT2D eigenvalue weighted by Gasteiger charge is 2.27. The topological polar surface area (TPSA) is 46.4 Å². The second-order valence-corrected chi connectivity index (χ2v) is 7.44. The number of halogens is 1. The molecule has 0 spiro atoms. The van der Waals surface area contributed by atoms with Gasteiger partial charge in [-0.2, -0.15) is 5.10 Å². The fourth-order valence-electron chi connectivity index (χ4n) is 3.33. The van der Waals surface area contributed by atoms with Crippen molar-refractivity contribution >= 4 is 23.1 Å². The Morgan fingerprint density at radius 2 is 2.04 bits per heavy atom. The van der Waals surface area contributed by atoms with Crippen molar-refractivity contribution in [2.45, 2.75) is 51.6 Å². The molecule has 1 unspecified atom stereocenters. The first-order chi connectivity index (χ1) is 13.7. The third-order valence-corrected chi connectivity index (χ3v) is 5.10.